The van der Waals surface area contributed by atoms with Gasteiger partial charge in [-0.3, -0.25) is 9.48 Å². The number of nitrogens with one attached hydrogen (secondary N) is 1. The van der Waals surface area contributed by atoms with E-state index >= 15 is 0 Å². The van der Waals surface area contributed by atoms with E-state index in [1.807, 2.05) is 41.2 Å². The predicted octanol–water partition coefficient (Wildman–Crippen LogP) is 2.05. The molecule has 1 aromatic carbocycles. The van der Waals surface area contributed by atoms with E-state index in [1.165, 1.54) is 0 Å². The van der Waals surface area contributed by atoms with Crippen LogP contribution >= 0.6 is 0 Å². The number of hydrogen-bond donors (Lipinski definition) is 1. The van der Waals surface area contributed by atoms with E-state index in [4.69, 9.17) is 4.74 Å². The van der Waals surface area contributed by atoms with Gasteiger partial charge in [-0.15, -0.1) is 0 Å². The van der Waals surface area contributed by atoms with Crippen molar-refractivity contribution in [2.45, 2.75) is 25.5 Å². The third-order valence-corrected chi connectivity index (χ3v) is 3.32. The minimum absolute atomic E-state index is 0.0567. The van der Waals surface area contributed by atoms with E-state index in [1.54, 1.807) is 6.20 Å². The SMILES string of the molecule is O=C(Nc1cccc(Cn2cccn2)c1)[C@H]1CCCO1. The molecule has 3 rings (SSSR count). The highest BCUT2D eigenvalue weighted by Gasteiger charge is 2.23. The van der Waals surface area contributed by atoms with Gasteiger partial charge in [0, 0.05) is 24.7 Å². The molecule has 5 nitrogen and oxygen atoms in total. The van der Waals surface area contributed by atoms with Crippen molar-refractivity contribution in [3.63, 3.8) is 0 Å². The fourth-order valence-electron chi connectivity index (χ4n) is 2.34. The lowest BCUT2D eigenvalue weighted by atomic mass is 10.2. The van der Waals surface area contributed by atoms with Gasteiger partial charge in [0.15, 0.2) is 0 Å². The topological polar surface area (TPSA) is 56.2 Å². The quantitative estimate of drug-likeness (QED) is 0.926. The number of aromatic nitrogens is 2. The summed E-state index contributed by atoms with van der Waals surface area (Å²) in [4.78, 5) is 12.0. The van der Waals surface area contributed by atoms with Gasteiger partial charge in [-0.25, -0.2) is 0 Å². The Labute approximate surface area is 117 Å². The molecule has 0 spiro atoms. The Bertz CT molecular complexity index is 575. The van der Waals surface area contributed by atoms with Gasteiger partial charge in [-0.2, -0.15) is 5.10 Å². The van der Waals surface area contributed by atoms with Crippen LogP contribution in [0.1, 0.15) is 18.4 Å². The fraction of sp³-hybridized carbons (Fsp3) is 0.333. The van der Waals surface area contributed by atoms with Crippen LogP contribution in [0, 0.1) is 0 Å². The number of rotatable bonds is 4. The molecular weight excluding hydrogens is 254 g/mol. The second kappa shape index (κ2) is 5.88. The van der Waals surface area contributed by atoms with Crippen molar-refractivity contribution in [1.29, 1.82) is 0 Å². The summed E-state index contributed by atoms with van der Waals surface area (Å²) in [6, 6.07) is 9.70. The highest BCUT2D eigenvalue weighted by Crippen LogP contribution is 2.16. The Morgan fingerprint density at radius 2 is 2.40 bits per heavy atom. The van der Waals surface area contributed by atoms with E-state index in [-0.39, 0.29) is 12.0 Å². The van der Waals surface area contributed by atoms with E-state index in [0.29, 0.717) is 13.2 Å². The van der Waals surface area contributed by atoms with Crippen LogP contribution in [0.4, 0.5) is 5.69 Å². The normalized spacial score (nSPS) is 18.1. The van der Waals surface area contributed by atoms with Crippen LogP contribution in [0.2, 0.25) is 0 Å². The molecule has 1 fully saturated rings. The lowest BCUT2D eigenvalue weighted by Gasteiger charge is -2.11. The Morgan fingerprint density at radius 3 is 3.15 bits per heavy atom. The Balaban J connectivity index is 1.66. The van der Waals surface area contributed by atoms with Crippen molar-refractivity contribution in [2.24, 2.45) is 0 Å². The van der Waals surface area contributed by atoms with Crippen LogP contribution < -0.4 is 5.32 Å². The third-order valence-electron chi connectivity index (χ3n) is 3.32. The first-order chi connectivity index (χ1) is 9.81. The number of nitrogens with zero attached hydrogens (tertiary/aromatic N) is 2. The van der Waals surface area contributed by atoms with Gasteiger partial charge in [0.05, 0.1) is 6.54 Å². The van der Waals surface area contributed by atoms with Gasteiger partial charge in [-0.1, -0.05) is 12.1 Å². The first-order valence-electron chi connectivity index (χ1n) is 6.80. The van der Waals surface area contributed by atoms with Crippen LogP contribution in [0.5, 0.6) is 0 Å². The maximum absolute atomic E-state index is 12.0. The second-order valence-electron chi connectivity index (χ2n) is 4.89. The summed E-state index contributed by atoms with van der Waals surface area (Å²) >= 11 is 0. The van der Waals surface area contributed by atoms with Crippen molar-refractivity contribution < 1.29 is 9.53 Å². The molecule has 1 atom stereocenters. The molecule has 1 aliphatic rings. The zero-order valence-corrected chi connectivity index (χ0v) is 11.2. The number of benzene rings is 1. The van der Waals surface area contributed by atoms with Gasteiger partial charge in [0.25, 0.3) is 5.91 Å². The molecule has 1 aromatic heterocycles. The van der Waals surface area contributed by atoms with Crippen molar-refractivity contribution >= 4 is 11.6 Å². The molecule has 1 aliphatic heterocycles. The Morgan fingerprint density at radius 1 is 1.45 bits per heavy atom. The summed E-state index contributed by atoms with van der Waals surface area (Å²) in [5.74, 6) is -0.0567. The first-order valence-corrected chi connectivity index (χ1v) is 6.80. The van der Waals surface area contributed by atoms with Crippen molar-refractivity contribution in [3.05, 3.63) is 48.3 Å². The molecule has 5 heteroatoms. The third kappa shape index (κ3) is 3.05. The van der Waals surface area contributed by atoms with E-state index in [0.717, 1.165) is 24.1 Å². The molecule has 0 unspecified atom stereocenters. The lowest BCUT2D eigenvalue weighted by Crippen LogP contribution is -2.26. The number of carbonyl (C=O) groups excluding carboxylic acids is 1. The maximum atomic E-state index is 12.0. The highest BCUT2D eigenvalue weighted by atomic mass is 16.5. The maximum Gasteiger partial charge on any atom is 0.253 e. The number of carbonyl (C=O) groups is 1. The summed E-state index contributed by atoms with van der Waals surface area (Å²) in [7, 11) is 0. The van der Waals surface area contributed by atoms with Gasteiger partial charge in [0.2, 0.25) is 0 Å². The smallest absolute Gasteiger partial charge is 0.253 e. The number of hydrogen-bond acceptors (Lipinski definition) is 3. The molecule has 0 bridgehead atoms. The summed E-state index contributed by atoms with van der Waals surface area (Å²) in [6.07, 6.45) is 5.13. The highest BCUT2D eigenvalue weighted by molar-refractivity contribution is 5.94. The minimum Gasteiger partial charge on any atom is -0.368 e. The van der Waals surface area contributed by atoms with Gasteiger partial charge in [0.1, 0.15) is 6.10 Å². The number of anilines is 1. The summed E-state index contributed by atoms with van der Waals surface area (Å²) in [5, 5.41) is 7.08. The molecule has 20 heavy (non-hydrogen) atoms. The average Bonchev–Trinajstić information content (AvgIpc) is 3.12. The molecule has 1 amide bonds. The Hall–Kier alpha value is -2.14. The molecule has 0 aliphatic carbocycles. The molecule has 0 saturated carbocycles. The zero-order valence-electron chi connectivity index (χ0n) is 11.2. The van der Waals surface area contributed by atoms with Crippen LogP contribution in [0.25, 0.3) is 0 Å². The van der Waals surface area contributed by atoms with Crippen molar-refractivity contribution in [2.75, 3.05) is 11.9 Å². The molecule has 0 radical (unpaired) electrons. The predicted molar refractivity (Wildman–Crippen MR) is 75.4 cm³/mol. The largest absolute Gasteiger partial charge is 0.368 e. The van der Waals surface area contributed by atoms with Crippen molar-refractivity contribution in [3.8, 4) is 0 Å². The monoisotopic (exact) mass is 271 g/mol. The molecule has 1 saturated heterocycles. The van der Waals surface area contributed by atoms with Crippen LogP contribution in [0.3, 0.4) is 0 Å². The molecular formula is C15H17N3O2. The molecule has 2 aromatic rings. The summed E-state index contributed by atoms with van der Waals surface area (Å²) in [5.41, 5.74) is 1.90. The van der Waals surface area contributed by atoms with Crippen LogP contribution in [-0.2, 0) is 16.1 Å². The second-order valence-corrected chi connectivity index (χ2v) is 4.89. The van der Waals surface area contributed by atoms with Crippen LogP contribution in [-0.4, -0.2) is 28.4 Å². The van der Waals surface area contributed by atoms with Gasteiger partial charge in [-0.05, 0) is 36.6 Å². The number of ether oxygens (including phenoxy) is 1. The molecule has 1 N–H and O–H groups in total. The fourth-order valence-corrected chi connectivity index (χ4v) is 2.34. The molecule has 2 heterocycles. The van der Waals surface area contributed by atoms with E-state index in [9.17, 15) is 4.79 Å². The average molecular weight is 271 g/mol. The number of amides is 1. The molecule has 104 valence electrons. The van der Waals surface area contributed by atoms with E-state index < -0.39 is 0 Å². The van der Waals surface area contributed by atoms with Gasteiger partial charge < -0.3 is 10.1 Å². The minimum atomic E-state index is -0.301. The van der Waals surface area contributed by atoms with Crippen LogP contribution in [0.15, 0.2) is 42.7 Å². The Kier molecular flexibility index (Phi) is 3.78. The summed E-state index contributed by atoms with van der Waals surface area (Å²) < 4.78 is 7.22. The summed E-state index contributed by atoms with van der Waals surface area (Å²) in [6.45, 7) is 1.37. The van der Waals surface area contributed by atoms with E-state index in [2.05, 4.69) is 10.4 Å². The van der Waals surface area contributed by atoms with Gasteiger partial charge >= 0.3 is 0 Å². The van der Waals surface area contributed by atoms with Crippen molar-refractivity contribution in [1.82, 2.24) is 9.78 Å². The first kappa shape index (κ1) is 12.9. The standard InChI is InChI=1S/C15H17N3O2/c19-15(14-6-2-9-20-14)17-13-5-1-4-12(10-13)11-18-8-3-7-16-18/h1,3-5,7-8,10,14H,2,6,9,11H2,(H,17,19)/t14-/m1/s1. The zero-order chi connectivity index (χ0) is 13.8. The lowest BCUT2D eigenvalue weighted by molar-refractivity contribution is -0.124.